The summed E-state index contributed by atoms with van der Waals surface area (Å²) < 4.78 is 2.16. The summed E-state index contributed by atoms with van der Waals surface area (Å²) in [5.41, 5.74) is 2.17. The van der Waals surface area contributed by atoms with E-state index in [0.717, 1.165) is 49.6 Å². The van der Waals surface area contributed by atoms with Crippen molar-refractivity contribution in [2.45, 2.75) is 33.7 Å². The Hall–Kier alpha value is -1.84. The first-order valence-electron chi connectivity index (χ1n) is 9.77. The maximum absolute atomic E-state index is 12.3. The summed E-state index contributed by atoms with van der Waals surface area (Å²) in [5, 5.41) is 3.27. The quantitative estimate of drug-likeness (QED) is 0.249. The van der Waals surface area contributed by atoms with Gasteiger partial charge >= 0.3 is 0 Å². The molecule has 0 unspecified atom stereocenters. The molecule has 0 bridgehead atoms. The van der Waals surface area contributed by atoms with Gasteiger partial charge in [0.05, 0.1) is 23.9 Å². The van der Waals surface area contributed by atoms with Gasteiger partial charge in [-0.3, -0.25) is 9.79 Å². The molecule has 1 aromatic carbocycles. The van der Waals surface area contributed by atoms with Crippen molar-refractivity contribution < 1.29 is 4.79 Å². The lowest BCUT2D eigenvalue weighted by Gasteiger charge is -2.25. The average molecular weight is 500 g/mol. The number of benzene rings is 1. The van der Waals surface area contributed by atoms with Crippen molar-refractivity contribution in [1.82, 2.24) is 24.7 Å². The van der Waals surface area contributed by atoms with Crippen molar-refractivity contribution in [3.63, 3.8) is 0 Å². The topological polar surface area (TPSA) is 65.8 Å². The van der Waals surface area contributed by atoms with Crippen molar-refractivity contribution in [1.29, 1.82) is 0 Å². The minimum absolute atomic E-state index is 0. The normalized spacial score (nSPS) is 11.2. The number of aliphatic imine (C=N–C) groups is 1. The minimum atomic E-state index is 0. The van der Waals surface area contributed by atoms with Crippen LogP contribution in [0.3, 0.4) is 0 Å². The molecule has 0 aliphatic heterocycles. The number of likely N-dealkylation sites (N-methyl/N-ethyl adjacent to an activating group) is 2. The van der Waals surface area contributed by atoms with Gasteiger partial charge in [0.25, 0.3) is 0 Å². The highest BCUT2D eigenvalue weighted by Crippen LogP contribution is 2.12. The van der Waals surface area contributed by atoms with Crippen molar-refractivity contribution in [2.24, 2.45) is 4.99 Å². The van der Waals surface area contributed by atoms with Crippen LogP contribution in [0.5, 0.6) is 0 Å². The maximum Gasteiger partial charge on any atom is 0.242 e. The third kappa shape index (κ3) is 6.65. The van der Waals surface area contributed by atoms with Gasteiger partial charge in [0.15, 0.2) is 5.96 Å². The van der Waals surface area contributed by atoms with E-state index >= 15 is 0 Å². The van der Waals surface area contributed by atoms with E-state index in [-0.39, 0.29) is 29.9 Å². The zero-order valence-corrected chi connectivity index (χ0v) is 19.7. The molecule has 0 aliphatic carbocycles. The Morgan fingerprint density at radius 3 is 2.61 bits per heavy atom. The number of guanidine groups is 1. The molecular formula is C20H33IN6O. The van der Waals surface area contributed by atoms with Crippen molar-refractivity contribution >= 4 is 46.9 Å². The molecule has 0 aliphatic rings. The lowest BCUT2D eigenvalue weighted by atomic mass is 10.3. The molecule has 0 spiro atoms. The molecule has 2 aromatic rings. The molecule has 0 saturated heterocycles. The molecule has 156 valence electrons. The van der Waals surface area contributed by atoms with Gasteiger partial charge in [-0.05, 0) is 39.3 Å². The summed E-state index contributed by atoms with van der Waals surface area (Å²) >= 11 is 0. The number of aromatic nitrogens is 2. The number of imidazole rings is 1. The number of carbonyl (C=O) groups excluding carboxylic acids is 1. The number of aryl methyl sites for hydroxylation is 1. The Morgan fingerprint density at radius 1 is 1.21 bits per heavy atom. The molecule has 1 heterocycles. The average Bonchev–Trinajstić information content (AvgIpc) is 3.08. The molecule has 0 fully saturated rings. The molecule has 1 amide bonds. The van der Waals surface area contributed by atoms with Gasteiger partial charge in [0.2, 0.25) is 5.91 Å². The number of halogens is 1. The summed E-state index contributed by atoms with van der Waals surface area (Å²) in [6.07, 6.45) is 2.79. The predicted octanol–water partition coefficient (Wildman–Crippen LogP) is 2.81. The van der Waals surface area contributed by atoms with E-state index in [9.17, 15) is 4.79 Å². The number of fused-ring (bicyclic) bond motifs is 1. The number of rotatable bonds is 9. The number of hydrogen-bond donors (Lipinski definition) is 1. The lowest BCUT2D eigenvalue weighted by molar-refractivity contribution is -0.131. The Bertz CT molecular complexity index is 756. The Balaban J connectivity index is 0.00000392. The number of hydrogen-bond acceptors (Lipinski definition) is 3. The molecule has 7 nitrogen and oxygen atoms in total. The highest BCUT2D eigenvalue weighted by atomic mass is 127. The van der Waals surface area contributed by atoms with E-state index in [4.69, 9.17) is 0 Å². The van der Waals surface area contributed by atoms with Crippen LogP contribution in [0.4, 0.5) is 0 Å². The van der Waals surface area contributed by atoms with Gasteiger partial charge in [-0.25, -0.2) is 4.98 Å². The van der Waals surface area contributed by atoms with Crippen LogP contribution < -0.4 is 5.32 Å². The fourth-order valence-corrected chi connectivity index (χ4v) is 3.04. The first-order chi connectivity index (χ1) is 13.1. The van der Waals surface area contributed by atoms with Crippen LogP contribution in [0, 0.1) is 0 Å². The number of nitrogens with zero attached hydrogens (tertiary/aromatic N) is 5. The van der Waals surface area contributed by atoms with Crippen LogP contribution >= 0.6 is 24.0 Å². The zero-order valence-electron chi connectivity index (χ0n) is 17.4. The summed E-state index contributed by atoms with van der Waals surface area (Å²) in [6.45, 7) is 10.2. The van der Waals surface area contributed by atoms with Gasteiger partial charge in [-0.1, -0.05) is 12.1 Å². The van der Waals surface area contributed by atoms with E-state index in [2.05, 4.69) is 25.9 Å². The van der Waals surface area contributed by atoms with Crippen molar-refractivity contribution in [2.75, 3.05) is 39.8 Å². The number of amides is 1. The SMILES string of the molecule is CCNC(=NCCCn1cnc2ccccc21)N(C)CC(=O)N(CC)CC.I. The Labute approximate surface area is 185 Å². The lowest BCUT2D eigenvalue weighted by Crippen LogP contribution is -2.45. The van der Waals surface area contributed by atoms with Gasteiger partial charge in [0.1, 0.15) is 0 Å². The minimum Gasteiger partial charge on any atom is -0.357 e. The summed E-state index contributed by atoms with van der Waals surface area (Å²) in [4.78, 5) is 25.2. The van der Waals surface area contributed by atoms with Crippen LogP contribution in [-0.4, -0.2) is 71.0 Å². The molecule has 0 saturated carbocycles. The number of nitrogens with one attached hydrogen (secondary N) is 1. The van der Waals surface area contributed by atoms with Crippen LogP contribution in [-0.2, 0) is 11.3 Å². The Kier molecular flexibility index (Phi) is 10.9. The van der Waals surface area contributed by atoms with Gasteiger partial charge in [-0.2, -0.15) is 0 Å². The maximum atomic E-state index is 12.3. The zero-order chi connectivity index (χ0) is 19.6. The number of carbonyl (C=O) groups is 1. The molecule has 0 radical (unpaired) electrons. The summed E-state index contributed by atoms with van der Waals surface area (Å²) in [6, 6.07) is 8.14. The monoisotopic (exact) mass is 500 g/mol. The molecule has 8 heteroatoms. The molecule has 1 N–H and O–H groups in total. The van der Waals surface area contributed by atoms with Crippen molar-refractivity contribution in [3.8, 4) is 0 Å². The largest absolute Gasteiger partial charge is 0.357 e. The van der Waals surface area contributed by atoms with Crippen molar-refractivity contribution in [3.05, 3.63) is 30.6 Å². The van der Waals surface area contributed by atoms with Crippen LogP contribution in [0.25, 0.3) is 11.0 Å². The smallest absolute Gasteiger partial charge is 0.242 e. The van der Waals surface area contributed by atoms with Gasteiger partial charge in [-0.15, -0.1) is 24.0 Å². The molecule has 2 rings (SSSR count). The highest BCUT2D eigenvalue weighted by Gasteiger charge is 2.14. The standard InChI is InChI=1S/C20H32N6O.HI/c1-5-21-20(24(4)15-19(27)25(6-2)7-3)22-13-10-14-26-16-23-17-11-8-9-12-18(17)26;/h8-9,11-12,16H,5-7,10,13-15H2,1-4H3,(H,21,22);1H. The fraction of sp³-hybridized carbons (Fsp3) is 0.550. The molecular weight excluding hydrogens is 467 g/mol. The van der Waals surface area contributed by atoms with E-state index in [1.54, 1.807) is 0 Å². The third-order valence-electron chi connectivity index (χ3n) is 4.53. The van der Waals surface area contributed by atoms with Gasteiger partial charge in [0, 0.05) is 39.8 Å². The third-order valence-corrected chi connectivity index (χ3v) is 4.53. The number of para-hydroxylation sites is 2. The second-order valence-electron chi connectivity index (χ2n) is 6.44. The first kappa shape index (κ1) is 24.2. The van der Waals surface area contributed by atoms with Gasteiger partial charge < -0.3 is 19.7 Å². The van der Waals surface area contributed by atoms with Crippen LogP contribution in [0.2, 0.25) is 0 Å². The fourth-order valence-electron chi connectivity index (χ4n) is 3.04. The molecule has 1 aromatic heterocycles. The molecule has 28 heavy (non-hydrogen) atoms. The Morgan fingerprint density at radius 2 is 1.93 bits per heavy atom. The van der Waals surface area contributed by atoms with E-state index in [0.29, 0.717) is 13.1 Å². The first-order valence-corrected chi connectivity index (χ1v) is 9.77. The highest BCUT2D eigenvalue weighted by molar-refractivity contribution is 14.0. The second kappa shape index (κ2) is 12.6. The van der Waals surface area contributed by atoms with E-state index in [1.165, 1.54) is 0 Å². The molecule has 0 atom stereocenters. The summed E-state index contributed by atoms with van der Waals surface area (Å²) in [5.74, 6) is 0.895. The van der Waals surface area contributed by atoms with Crippen LogP contribution in [0.15, 0.2) is 35.6 Å². The van der Waals surface area contributed by atoms with E-state index in [1.807, 2.05) is 62.1 Å². The van der Waals surface area contributed by atoms with E-state index < -0.39 is 0 Å². The van der Waals surface area contributed by atoms with Crippen LogP contribution in [0.1, 0.15) is 27.2 Å². The summed E-state index contributed by atoms with van der Waals surface area (Å²) in [7, 11) is 1.91. The second-order valence-corrected chi connectivity index (χ2v) is 6.44. The predicted molar refractivity (Wildman–Crippen MR) is 126 cm³/mol.